The van der Waals surface area contributed by atoms with Crippen LogP contribution in [0, 0.1) is 0 Å². The molecule has 0 atom stereocenters. The van der Waals surface area contributed by atoms with Crippen molar-refractivity contribution in [3.8, 4) is 57.3 Å². The first-order chi connectivity index (χ1) is 28.3. The van der Waals surface area contributed by atoms with Gasteiger partial charge in [0.25, 0.3) is 0 Å². The van der Waals surface area contributed by atoms with Gasteiger partial charge in [-0.15, -0.1) is 20.4 Å². The molecular formula is C49H56N4O6. The summed E-state index contributed by atoms with van der Waals surface area (Å²) in [5.41, 5.74) is 6.05. The van der Waals surface area contributed by atoms with E-state index in [0.717, 1.165) is 72.3 Å². The molecule has 0 unspecified atom stereocenters. The summed E-state index contributed by atoms with van der Waals surface area (Å²) in [6.07, 6.45) is 5.69. The number of nitrogens with zero attached hydrogens (tertiary/aromatic N) is 4. The van der Waals surface area contributed by atoms with Crippen molar-refractivity contribution in [2.45, 2.75) is 110 Å². The molecule has 0 N–H and O–H groups in total. The smallest absolute Gasteiger partial charge is 0.248 e. The van der Waals surface area contributed by atoms with Crippen LogP contribution in [0.25, 0.3) is 45.8 Å². The van der Waals surface area contributed by atoms with Crippen molar-refractivity contribution in [3.63, 3.8) is 0 Å². The van der Waals surface area contributed by atoms with Gasteiger partial charge in [-0.1, -0.05) is 65.8 Å². The third-order valence-corrected chi connectivity index (χ3v) is 10.2. The highest BCUT2D eigenvalue weighted by Gasteiger charge is 2.17. The van der Waals surface area contributed by atoms with Gasteiger partial charge in [0.2, 0.25) is 23.6 Å². The lowest BCUT2D eigenvalue weighted by Crippen LogP contribution is -2.10. The summed E-state index contributed by atoms with van der Waals surface area (Å²) >= 11 is 0. The topological polar surface area (TPSA) is 130 Å². The Labute approximate surface area is 347 Å². The van der Waals surface area contributed by atoms with E-state index in [-0.39, 0.29) is 28.8 Å². The number of hydrogen-bond donors (Lipinski definition) is 0. The van der Waals surface area contributed by atoms with Crippen molar-refractivity contribution in [2.75, 3.05) is 13.2 Å². The summed E-state index contributed by atoms with van der Waals surface area (Å²) in [4.78, 5) is 24.8. The van der Waals surface area contributed by atoms with Crippen LogP contribution in [0.1, 0.15) is 110 Å². The molecule has 0 aliphatic rings. The first-order valence-corrected chi connectivity index (χ1v) is 20.7. The van der Waals surface area contributed by atoms with Gasteiger partial charge in [0.1, 0.15) is 23.1 Å². The number of hydrogen-bond acceptors (Lipinski definition) is 10. The zero-order chi connectivity index (χ0) is 41.8. The summed E-state index contributed by atoms with van der Waals surface area (Å²) in [6.45, 7) is 14.2. The Bertz CT molecular complexity index is 2080. The fourth-order valence-electron chi connectivity index (χ4n) is 6.50. The van der Waals surface area contributed by atoms with E-state index in [1.807, 2.05) is 72.8 Å². The normalized spacial score (nSPS) is 11.8. The van der Waals surface area contributed by atoms with E-state index in [9.17, 15) is 9.59 Å². The lowest BCUT2D eigenvalue weighted by Gasteiger charge is -2.18. The molecule has 0 saturated heterocycles. The molecule has 0 radical (unpaired) electrons. The molecule has 2 heterocycles. The molecule has 10 heteroatoms. The van der Waals surface area contributed by atoms with E-state index in [4.69, 9.17) is 18.3 Å². The third-order valence-electron chi connectivity index (χ3n) is 10.2. The minimum absolute atomic E-state index is 0.0101. The number of carbonyl (C=O) groups excluding carboxylic acids is 2. The lowest BCUT2D eigenvalue weighted by molar-refractivity contribution is -0.127. The molecule has 0 amide bonds. The monoisotopic (exact) mass is 796 g/mol. The van der Waals surface area contributed by atoms with Gasteiger partial charge in [-0.25, -0.2) is 0 Å². The Morgan fingerprint density at radius 2 is 0.746 bits per heavy atom. The molecule has 4 aromatic carbocycles. The van der Waals surface area contributed by atoms with E-state index < -0.39 is 0 Å². The van der Waals surface area contributed by atoms with Gasteiger partial charge in [-0.3, -0.25) is 9.59 Å². The van der Waals surface area contributed by atoms with Crippen molar-refractivity contribution >= 4 is 11.6 Å². The SMILES string of the molecule is CC(C)(C)c1ccc(-c2nnc(-c3ccc(OCCCCCC(=O)CC(=O)CCCCCOc4ccc(-c5nnc(-c6ccc(C(C)(C)C)cc6)o5)cc4)cc3)o2)cc1. The van der Waals surface area contributed by atoms with E-state index in [0.29, 0.717) is 49.6 Å². The maximum Gasteiger partial charge on any atom is 0.248 e. The van der Waals surface area contributed by atoms with Gasteiger partial charge < -0.3 is 18.3 Å². The maximum absolute atomic E-state index is 12.4. The summed E-state index contributed by atoms with van der Waals surface area (Å²) in [5, 5.41) is 16.9. The fraction of sp³-hybridized carbons (Fsp3) is 0.388. The van der Waals surface area contributed by atoms with Crippen LogP contribution in [-0.2, 0) is 20.4 Å². The summed E-state index contributed by atoms with van der Waals surface area (Å²) in [5.74, 6) is 3.40. The zero-order valence-electron chi connectivity index (χ0n) is 35.3. The van der Waals surface area contributed by atoms with Crippen LogP contribution in [0.3, 0.4) is 0 Å². The first kappa shape index (κ1) is 42.7. The lowest BCUT2D eigenvalue weighted by atomic mass is 9.87. The molecule has 0 aliphatic carbocycles. The van der Waals surface area contributed by atoms with Gasteiger partial charge in [0.15, 0.2) is 0 Å². The molecule has 0 aliphatic heterocycles. The predicted octanol–water partition coefficient (Wildman–Crippen LogP) is 11.8. The highest BCUT2D eigenvalue weighted by molar-refractivity contribution is 5.99. The highest BCUT2D eigenvalue weighted by Crippen LogP contribution is 2.30. The van der Waals surface area contributed by atoms with Gasteiger partial charge >= 0.3 is 0 Å². The van der Waals surface area contributed by atoms with Gasteiger partial charge in [-0.2, -0.15) is 0 Å². The summed E-state index contributed by atoms with van der Waals surface area (Å²) < 4.78 is 23.7. The standard InChI is InChI=1S/C49H56N4O6/c1-48(2,3)38-23-15-34(16-24-38)44-50-52-46(58-44)36-19-27-42(28-20-36)56-31-11-7-9-13-40(54)33-41(55)14-10-8-12-32-57-43-29-21-37(22-30-43)47-53-51-45(59-47)35-17-25-39(26-18-35)49(4,5)6/h15-30H,7-14,31-33H2,1-6H3. The Morgan fingerprint density at radius 1 is 0.441 bits per heavy atom. The number of ether oxygens (including phenoxy) is 2. The second kappa shape index (κ2) is 19.7. The van der Waals surface area contributed by atoms with Crippen molar-refractivity contribution in [2.24, 2.45) is 0 Å². The molecule has 0 spiro atoms. The molecule has 6 aromatic rings. The Balaban J connectivity index is 0.789. The van der Waals surface area contributed by atoms with Gasteiger partial charge in [0.05, 0.1) is 19.6 Å². The molecule has 0 saturated carbocycles. The van der Waals surface area contributed by atoms with E-state index in [1.54, 1.807) is 0 Å². The number of benzene rings is 4. The average molecular weight is 797 g/mol. The predicted molar refractivity (Wildman–Crippen MR) is 230 cm³/mol. The van der Waals surface area contributed by atoms with E-state index >= 15 is 0 Å². The summed E-state index contributed by atoms with van der Waals surface area (Å²) in [6, 6.07) is 31.6. The number of aromatic nitrogens is 4. The van der Waals surface area contributed by atoms with Crippen molar-refractivity contribution in [3.05, 3.63) is 108 Å². The van der Waals surface area contributed by atoms with Crippen LogP contribution in [0.4, 0.5) is 0 Å². The Morgan fingerprint density at radius 3 is 1.05 bits per heavy atom. The van der Waals surface area contributed by atoms with Crippen molar-refractivity contribution in [1.29, 1.82) is 0 Å². The Hall–Kier alpha value is -5.90. The molecule has 2 aromatic heterocycles. The second-order valence-electron chi connectivity index (χ2n) is 17.1. The second-order valence-corrected chi connectivity index (χ2v) is 17.1. The third kappa shape index (κ3) is 12.5. The number of unbranched alkanes of at least 4 members (excludes halogenated alkanes) is 4. The minimum Gasteiger partial charge on any atom is -0.494 e. The largest absolute Gasteiger partial charge is 0.494 e. The quantitative estimate of drug-likeness (QED) is 0.0543. The van der Waals surface area contributed by atoms with Crippen LogP contribution in [0.5, 0.6) is 11.5 Å². The molecule has 6 rings (SSSR count). The van der Waals surface area contributed by atoms with Gasteiger partial charge in [0, 0.05) is 35.1 Å². The first-order valence-electron chi connectivity index (χ1n) is 20.7. The average Bonchev–Trinajstić information content (AvgIpc) is 3.92. The number of rotatable bonds is 20. The van der Waals surface area contributed by atoms with E-state index in [1.165, 1.54) is 11.1 Å². The molecular weight excluding hydrogens is 741 g/mol. The molecule has 308 valence electrons. The van der Waals surface area contributed by atoms with Crippen LogP contribution >= 0.6 is 0 Å². The van der Waals surface area contributed by atoms with Crippen LogP contribution in [-0.4, -0.2) is 45.2 Å². The van der Waals surface area contributed by atoms with Crippen molar-refractivity contribution in [1.82, 2.24) is 20.4 Å². The van der Waals surface area contributed by atoms with Crippen molar-refractivity contribution < 1.29 is 27.9 Å². The molecule has 0 bridgehead atoms. The molecule has 0 fully saturated rings. The summed E-state index contributed by atoms with van der Waals surface area (Å²) in [7, 11) is 0. The van der Waals surface area contributed by atoms with Gasteiger partial charge in [-0.05, 0) is 133 Å². The minimum atomic E-state index is 0.0101. The molecule has 59 heavy (non-hydrogen) atoms. The fourth-order valence-corrected chi connectivity index (χ4v) is 6.50. The van der Waals surface area contributed by atoms with Crippen LogP contribution < -0.4 is 9.47 Å². The van der Waals surface area contributed by atoms with E-state index in [2.05, 4.69) is 86.2 Å². The van der Waals surface area contributed by atoms with Crippen LogP contribution in [0.2, 0.25) is 0 Å². The number of Topliss-reactive ketones (excluding diaryl/α,β-unsaturated/α-hetero) is 2. The zero-order valence-corrected chi connectivity index (χ0v) is 35.3. The molecule has 10 nitrogen and oxygen atoms in total. The maximum atomic E-state index is 12.4. The van der Waals surface area contributed by atoms with Crippen LogP contribution in [0.15, 0.2) is 106 Å². The number of ketones is 2. The Kier molecular flexibility index (Phi) is 14.3. The number of carbonyl (C=O) groups is 2. The highest BCUT2D eigenvalue weighted by atomic mass is 16.5.